The Morgan fingerprint density at radius 1 is 1.21 bits per heavy atom. The highest BCUT2D eigenvalue weighted by Crippen LogP contribution is 2.37. The number of likely N-dealkylation sites (tertiary alicyclic amines) is 1. The summed E-state index contributed by atoms with van der Waals surface area (Å²) < 4.78 is 5.69. The lowest BCUT2D eigenvalue weighted by Crippen LogP contribution is -2.48. The van der Waals surface area contributed by atoms with Crippen LogP contribution in [0.2, 0.25) is 0 Å². The van der Waals surface area contributed by atoms with Gasteiger partial charge in [-0.2, -0.15) is 5.10 Å². The van der Waals surface area contributed by atoms with Crippen LogP contribution in [0.25, 0.3) is 11.1 Å². The molecule has 1 aliphatic heterocycles. The Hall–Kier alpha value is -2.83. The number of nitrogens with two attached hydrogens (primary N) is 1. The average Bonchev–Trinajstić information content (AvgIpc) is 3.09. The Morgan fingerprint density at radius 3 is 2.38 bits per heavy atom. The third kappa shape index (κ3) is 3.10. The van der Waals surface area contributed by atoms with Crippen LogP contribution in [0.4, 0.5) is 4.79 Å². The molecule has 1 aliphatic rings. The van der Waals surface area contributed by atoms with Crippen LogP contribution in [0.3, 0.4) is 0 Å². The SMILES string of the molecule is CC(=O)OC1(c2ccc(-c3cn[nH]c3)cc2)CCN(C(N)=O)CC1. The number of aromatic nitrogens is 2. The fourth-order valence-corrected chi connectivity index (χ4v) is 3.19. The summed E-state index contributed by atoms with van der Waals surface area (Å²) in [5, 5.41) is 6.73. The quantitative estimate of drug-likeness (QED) is 0.841. The molecule has 2 amide bonds. The molecular formula is C17H20N4O3. The molecule has 7 heteroatoms. The Balaban J connectivity index is 1.86. The zero-order valence-corrected chi connectivity index (χ0v) is 13.5. The fourth-order valence-electron chi connectivity index (χ4n) is 3.19. The number of aromatic amines is 1. The van der Waals surface area contributed by atoms with E-state index in [9.17, 15) is 9.59 Å². The van der Waals surface area contributed by atoms with E-state index in [-0.39, 0.29) is 5.97 Å². The summed E-state index contributed by atoms with van der Waals surface area (Å²) in [6, 6.07) is 7.44. The molecule has 0 bridgehead atoms. The van der Waals surface area contributed by atoms with Crippen LogP contribution in [0.15, 0.2) is 36.7 Å². The number of hydrogen-bond acceptors (Lipinski definition) is 4. The number of H-pyrrole nitrogens is 1. The molecule has 126 valence electrons. The van der Waals surface area contributed by atoms with E-state index in [4.69, 9.17) is 10.5 Å². The Labute approximate surface area is 139 Å². The van der Waals surface area contributed by atoms with Gasteiger partial charge < -0.3 is 15.4 Å². The van der Waals surface area contributed by atoms with Crippen LogP contribution in [0.1, 0.15) is 25.3 Å². The lowest BCUT2D eigenvalue weighted by Gasteiger charge is -2.40. The van der Waals surface area contributed by atoms with E-state index in [2.05, 4.69) is 10.2 Å². The Bertz CT molecular complexity index is 717. The second kappa shape index (κ2) is 6.35. The van der Waals surface area contributed by atoms with Crippen molar-refractivity contribution < 1.29 is 14.3 Å². The summed E-state index contributed by atoms with van der Waals surface area (Å²) >= 11 is 0. The van der Waals surface area contributed by atoms with Gasteiger partial charge in [-0.25, -0.2) is 4.79 Å². The highest BCUT2D eigenvalue weighted by atomic mass is 16.6. The van der Waals surface area contributed by atoms with E-state index in [1.165, 1.54) is 6.92 Å². The van der Waals surface area contributed by atoms with Gasteiger partial charge in [-0.05, 0) is 11.1 Å². The van der Waals surface area contributed by atoms with Crippen molar-refractivity contribution in [2.45, 2.75) is 25.4 Å². The number of amides is 2. The molecule has 1 aromatic heterocycles. The molecule has 2 aromatic rings. The first-order valence-corrected chi connectivity index (χ1v) is 7.84. The summed E-state index contributed by atoms with van der Waals surface area (Å²) in [4.78, 5) is 24.5. The van der Waals surface area contributed by atoms with Crippen LogP contribution < -0.4 is 5.73 Å². The van der Waals surface area contributed by atoms with Crippen LogP contribution in [-0.4, -0.2) is 40.2 Å². The van der Waals surface area contributed by atoms with Gasteiger partial charge in [0.1, 0.15) is 5.60 Å². The minimum Gasteiger partial charge on any atom is -0.454 e. The van der Waals surface area contributed by atoms with Gasteiger partial charge in [0.2, 0.25) is 0 Å². The van der Waals surface area contributed by atoms with Gasteiger partial charge in [-0.15, -0.1) is 0 Å². The van der Waals surface area contributed by atoms with Crippen molar-refractivity contribution in [3.05, 3.63) is 42.2 Å². The number of primary amides is 1. The van der Waals surface area contributed by atoms with Crippen LogP contribution in [0, 0.1) is 0 Å². The van der Waals surface area contributed by atoms with Crippen LogP contribution >= 0.6 is 0 Å². The molecule has 2 heterocycles. The van der Waals surface area contributed by atoms with Crippen molar-refractivity contribution in [1.29, 1.82) is 0 Å². The zero-order valence-electron chi connectivity index (χ0n) is 13.5. The molecule has 0 saturated carbocycles. The summed E-state index contributed by atoms with van der Waals surface area (Å²) in [6.45, 7) is 2.33. The van der Waals surface area contributed by atoms with Gasteiger partial charge in [0.25, 0.3) is 0 Å². The van der Waals surface area contributed by atoms with Crippen molar-refractivity contribution in [2.24, 2.45) is 5.73 Å². The predicted molar refractivity (Wildman–Crippen MR) is 87.9 cm³/mol. The third-order valence-electron chi connectivity index (χ3n) is 4.46. The molecule has 0 spiro atoms. The number of piperidine rings is 1. The highest BCUT2D eigenvalue weighted by Gasteiger charge is 2.40. The summed E-state index contributed by atoms with van der Waals surface area (Å²) in [7, 11) is 0. The topological polar surface area (TPSA) is 101 Å². The number of hydrogen-bond donors (Lipinski definition) is 2. The van der Waals surface area contributed by atoms with E-state index in [1.807, 2.05) is 30.5 Å². The summed E-state index contributed by atoms with van der Waals surface area (Å²) in [5.74, 6) is -0.332. The van der Waals surface area contributed by atoms with Gasteiger partial charge in [0.15, 0.2) is 0 Å². The number of rotatable bonds is 3. The molecule has 1 saturated heterocycles. The molecular weight excluding hydrogens is 308 g/mol. The number of urea groups is 1. The number of nitrogens with one attached hydrogen (secondary N) is 1. The maximum absolute atomic E-state index is 11.6. The first-order chi connectivity index (χ1) is 11.5. The van der Waals surface area contributed by atoms with Crippen molar-refractivity contribution in [3.8, 4) is 11.1 Å². The average molecular weight is 328 g/mol. The van der Waals surface area contributed by atoms with Gasteiger partial charge >= 0.3 is 12.0 Å². The van der Waals surface area contributed by atoms with E-state index < -0.39 is 11.6 Å². The second-order valence-electron chi connectivity index (χ2n) is 5.98. The minimum absolute atomic E-state index is 0.332. The van der Waals surface area contributed by atoms with Crippen molar-refractivity contribution in [3.63, 3.8) is 0 Å². The van der Waals surface area contributed by atoms with E-state index >= 15 is 0 Å². The molecule has 3 rings (SSSR count). The van der Waals surface area contributed by atoms with Crippen molar-refractivity contribution in [1.82, 2.24) is 15.1 Å². The zero-order chi connectivity index (χ0) is 17.2. The Morgan fingerprint density at radius 2 is 1.88 bits per heavy atom. The smallest absolute Gasteiger partial charge is 0.314 e. The standard InChI is InChI=1S/C17H20N4O3/c1-12(22)24-17(6-8-21(9-7-17)16(18)23)15-4-2-13(3-5-15)14-10-19-20-11-14/h2-5,10-11H,6-9H2,1H3,(H2,18,23)(H,19,20). The third-order valence-corrected chi connectivity index (χ3v) is 4.46. The fraction of sp³-hybridized carbons (Fsp3) is 0.353. The lowest BCUT2D eigenvalue weighted by atomic mass is 9.83. The van der Waals surface area contributed by atoms with Crippen molar-refractivity contribution in [2.75, 3.05) is 13.1 Å². The number of ether oxygens (including phenoxy) is 1. The second-order valence-corrected chi connectivity index (χ2v) is 5.98. The molecule has 1 fully saturated rings. The van der Waals surface area contributed by atoms with Crippen LogP contribution in [0.5, 0.6) is 0 Å². The van der Waals surface area contributed by atoms with E-state index in [1.54, 1.807) is 11.1 Å². The number of carbonyl (C=O) groups excluding carboxylic acids is 2. The normalized spacial score (nSPS) is 16.6. The molecule has 0 radical (unpaired) electrons. The number of esters is 1. The van der Waals surface area contributed by atoms with Gasteiger partial charge in [0.05, 0.1) is 6.20 Å². The summed E-state index contributed by atoms with van der Waals surface area (Å²) in [5.41, 5.74) is 7.57. The monoisotopic (exact) mass is 328 g/mol. The van der Waals surface area contributed by atoms with E-state index in [0.717, 1.165) is 16.7 Å². The minimum atomic E-state index is -0.716. The molecule has 7 nitrogen and oxygen atoms in total. The first kappa shape index (κ1) is 16.0. The lowest BCUT2D eigenvalue weighted by molar-refractivity contribution is -0.163. The van der Waals surface area contributed by atoms with Gasteiger partial charge in [-0.1, -0.05) is 24.3 Å². The molecule has 0 aliphatic carbocycles. The molecule has 1 aromatic carbocycles. The van der Waals surface area contributed by atoms with Gasteiger partial charge in [-0.3, -0.25) is 9.89 Å². The molecule has 0 unspecified atom stereocenters. The maximum Gasteiger partial charge on any atom is 0.314 e. The first-order valence-electron chi connectivity index (χ1n) is 7.84. The summed E-state index contributed by atoms with van der Waals surface area (Å²) in [6.07, 6.45) is 4.63. The number of carbonyl (C=O) groups is 2. The highest BCUT2D eigenvalue weighted by molar-refractivity contribution is 5.72. The molecule has 0 atom stereocenters. The predicted octanol–water partition coefficient (Wildman–Crippen LogP) is 2.01. The number of nitrogens with zero attached hydrogens (tertiary/aromatic N) is 2. The van der Waals surface area contributed by atoms with E-state index in [0.29, 0.717) is 25.9 Å². The molecule has 24 heavy (non-hydrogen) atoms. The molecule has 3 N–H and O–H groups in total. The Kier molecular flexibility index (Phi) is 4.24. The maximum atomic E-state index is 11.6. The number of benzene rings is 1. The largest absolute Gasteiger partial charge is 0.454 e. The van der Waals surface area contributed by atoms with Crippen molar-refractivity contribution >= 4 is 12.0 Å². The van der Waals surface area contributed by atoms with Crippen LogP contribution in [-0.2, 0) is 15.1 Å². The van der Waals surface area contributed by atoms with Gasteiger partial charge in [0, 0.05) is 44.6 Å².